The van der Waals surface area contributed by atoms with Crippen LogP contribution in [0.1, 0.15) is 24.6 Å². The lowest BCUT2D eigenvalue weighted by atomic mass is 10.0. The van der Waals surface area contributed by atoms with Gasteiger partial charge in [-0.2, -0.15) is 5.26 Å². The Labute approximate surface area is 180 Å². The first kappa shape index (κ1) is 19.5. The summed E-state index contributed by atoms with van der Waals surface area (Å²) >= 11 is 0. The zero-order valence-electron chi connectivity index (χ0n) is 17.5. The number of benzene rings is 1. The Kier molecular flexibility index (Phi) is 5.04. The van der Waals surface area contributed by atoms with Gasteiger partial charge in [-0.15, -0.1) is 0 Å². The molecule has 8 nitrogen and oxygen atoms in total. The molecule has 0 saturated carbocycles. The van der Waals surface area contributed by atoms with Crippen molar-refractivity contribution in [2.24, 2.45) is 0 Å². The van der Waals surface area contributed by atoms with Crippen molar-refractivity contribution in [1.82, 2.24) is 19.9 Å². The Hall–Kier alpha value is -3.44. The van der Waals surface area contributed by atoms with E-state index in [1.807, 2.05) is 36.5 Å². The molecule has 2 aliphatic heterocycles. The Balaban J connectivity index is 1.64. The molecule has 0 unspecified atom stereocenters. The molecule has 0 spiro atoms. The third kappa shape index (κ3) is 3.51. The molecule has 2 aliphatic rings. The molecular formula is C23H24N6O2. The number of anilines is 1. The highest BCUT2D eigenvalue weighted by atomic mass is 16.5. The maximum atomic E-state index is 12.4. The van der Waals surface area contributed by atoms with Crippen molar-refractivity contribution >= 4 is 22.6 Å². The van der Waals surface area contributed by atoms with Crippen molar-refractivity contribution in [2.75, 3.05) is 31.2 Å². The molecule has 5 rings (SSSR count). The highest BCUT2D eigenvalue weighted by Crippen LogP contribution is 2.33. The van der Waals surface area contributed by atoms with Gasteiger partial charge in [0.1, 0.15) is 12.2 Å². The third-order valence-corrected chi connectivity index (χ3v) is 6.10. The van der Waals surface area contributed by atoms with E-state index in [2.05, 4.69) is 16.8 Å². The lowest BCUT2D eigenvalue weighted by molar-refractivity contribution is -0.131. The highest BCUT2D eigenvalue weighted by Gasteiger charge is 2.30. The van der Waals surface area contributed by atoms with E-state index >= 15 is 0 Å². The average Bonchev–Trinajstić information content (AvgIpc) is 3.27. The van der Waals surface area contributed by atoms with Crippen molar-refractivity contribution in [1.29, 1.82) is 5.26 Å². The van der Waals surface area contributed by atoms with E-state index in [1.165, 1.54) is 0 Å². The van der Waals surface area contributed by atoms with E-state index in [0.717, 1.165) is 40.1 Å². The average molecular weight is 416 g/mol. The number of aromatic amines is 1. The number of nitrogens with one attached hydrogen (secondary N) is 1. The van der Waals surface area contributed by atoms with Crippen LogP contribution in [0.15, 0.2) is 30.5 Å². The minimum absolute atomic E-state index is 0.108. The molecular weight excluding hydrogens is 392 g/mol. The number of fused-ring (bicyclic) bond motifs is 2. The number of amides is 1. The second-order valence-electron chi connectivity index (χ2n) is 8.06. The fraction of sp³-hybridized carbons (Fsp3) is 0.391. The summed E-state index contributed by atoms with van der Waals surface area (Å²) in [6, 6.07) is 10.3. The standard InChI is InChI=1S/C23H24N6O2/c1-15-14-31-12-11-29(15)23-18-7-10-28(21(30)5-8-24)13-20(18)26-22(27-23)17-3-2-4-19-16(17)6-9-25-19/h2-4,6,9,15,25H,5,7,10-14H2,1H3/t15-/m1/s1. The van der Waals surface area contributed by atoms with E-state index < -0.39 is 0 Å². The van der Waals surface area contributed by atoms with Gasteiger partial charge in [0.2, 0.25) is 5.91 Å². The summed E-state index contributed by atoms with van der Waals surface area (Å²) in [5, 5.41) is 10.0. The topological polar surface area (TPSA) is 98.1 Å². The predicted molar refractivity (Wildman–Crippen MR) is 116 cm³/mol. The zero-order valence-corrected chi connectivity index (χ0v) is 17.5. The smallest absolute Gasteiger partial charge is 0.237 e. The molecule has 4 heterocycles. The Morgan fingerprint density at radius 2 is 2.23 bits per heavy atom. The summed E-state index contributed by atoms with van der Waals surface area (Å²) in [5.74, 6) is 1.45. The van der Waals surface area contributed by atoms with E-state index in [0.29, 0.717) is 38.5 Å². The maximum Gasteiger partial charge on any atom is 0.237 e. The molecule has 0 bridgehead atoms. The summed E-state index contributed by atoms with van der Waals surface area (Å²) < 4.78 is 5.64. The van der Waals surface area contributed by atoms with Gasteiger partial charge in [0.05, 0.1) is 37.6 Å². The summed E-state index contributed by atoms with van der Waals surface area (Å²) in [6.45, 7) is 5.23. The Bertz CT molecular complexity index is 1180. The minimum Gasteiger partial charge on any atom is -0.377 e. The van der Waals surface area contributed by atoms with Crippen molar-refractivity contribution in [3.05, 3.63) is 41.7 Å². The van der Waals surface area contributed by atoms with Crippen LogP contribution in [-0.2, 0) is 22.5 Å². The predicted octanol–water partition coefficient (Wildman–Crippen LogP) is 2.65. The van der Waals surface area contributed by atoms with Crippen LogP contribution in [0.2, 0.25) is 0 Å². The second kappa shape index (κ2) is 8.00. The summed E-state index contributed by atoms with van der Waals surface area (Å²) in [7, 11) is 0. The summed E-state index contributed by atoms with van der Waals surface area (Å²) in [4.78, 5) is 29.6. The molecule has 0 aliphatic carbocycles. The van der Waals surface area contributed by atoms with Crippen molar-refractivity contribution in [3.8, 4) is 17.5 Å². The lowest BCUT2D eigenvalue weighted by Crippen LogP contribution is -2.45. The molecule has 1 amide bonds. The van der Waals surface area contributed by atoms with Gasteiger partial charge < -0.3 is 19.5 Å². The molecule has 3 aromatic rings. The van der Waals surface area contributed by atoms with Crippen molar-refractivity contribution in [3.63, 3.8) is 0 Å². The molecule has 1 aromatic carbocycles. The Morgan fingerprint density at radius 1 is 1.32 bits per heavy atom. The molecule has 1 fully saturated rings. The van der Waals surface area contributed by atoms with Crippen LogP contribution in [0.25, 0.3) is 22.3 Å². The van der Waals surface area contributed by atoms with Crippen molar-refractivity contribution in [2.45, 2.75) is 32.4 Å². The van der Waals surface area contributed by atoms with E-state index in [1.54, 1.807) is 4.90 Å². The molecule has 0 radical (unpaired) electrons. The summed E-state index contributed by atoms with van der Waals surface area (Å²) in [6.07, 6.45) is 2.49. The van der Waals surface area contributed by atoms with Gasteiger partial charge in [-0.25, -0.2) is 9.97 Å². The molecule has 8 heteroatoms. The molecule has 1 atom stereocenters. The number of ether oxygens (including phenoxy) is 1. The fourth-order valence-electron chi connectivity index (χ4n) is 4.48. The number of carbonyl (C=O) groups is 1. The summed E-state index contributed by atoms with van der Waals surface area (Å²) in [5.41, 5.74) is 3.96. The van der Waals surface area contributed by atoms with Gasteiger partial charge in [-0.05, 0) is 25.5 Å². The third-order valence-electron chi connectivity index (χ3n) is 6.10. The fourth-order valence-corrected chi connectivity index (χ4v) is 4.48. The number of carbonyl (C=O) groups excluding carboxylic acids is 1. The molecule has 31 heavy (non-hydrogen) atoms. The van der Waals surface area contributed by atoms with Gasteiger partial charge in [-0.3, -0.25) is 4.79 Å². The molecule has 158 valence electrons. The largest absolute Gasteiger partial charge is 0.377 e. The van der Waals surface area contributed by atoms with Gasteiger partial charge in [0.25, 0.3) is 0 Å². The van der Waals surface area contributed by atoms with Crippen LogP contribution in [-0.4, -0.2) is 58.1 Å². The number of aromatic nitrogens is 3. The lowest BCUT2D eigenvalue weighted by Gasteiger charge is -2.37. The number of morpholine rings is 1. The monoisotopic (exact) mass is 416 g/mol. The first-order valence-electron chi connectivity index (χ1n) is 10.6. The molecule has 2 aromatic heterocycles. The number of rotatable bonds is 3. The first-order chi connectivity index (χ1) is 15.2. The van der Waals surface area contributed by atoms with Crippen LogP contribution in [0.3, 0.4) is 0 Å². The number of hydrogen-bond acceptors (Lipinski definition) is 6. The van der Waals surface area contributed by atoms with Gasteiger partial charge in [0.15, 0.2) is 5.82 Å². The first-order valence-corrected chi connectivity index (χ1v) is 10.6. The quantitative estimate of drug-likeness (QED) is 0.705. The highest BCUT2D eigenvalue weighted by molar-refractivity contribution is 5.93. The van der Waals surface area contributed by atoms with E-state index in [9.17, 15) is 4.79 Å². The number of nitriles is 1. The minimum atomic E-state index is -0.151. The normalized spacial score (nSPS) is 18.6. The van der Waals surface area contributed by atoms with Crippen LogP contribution >= 0.6 is 0 Å². The van der Waals surface area contributed by atoms with E-state index in [4.69, 9.17) is 20.0 Å². The number of nitrogens with zero attached hydrogens (tertiary/aromatic N) is 5. The number of H-pyrrole nitrogens is 1. The maximum absolute atomic E-state index is 12.4. The zero-order chi connectivity index (χ0) is 21.4. The van der Waals surface area contributed by atoms with E-state index in [-0.39, 0.29) is 18.4 Å². The van der Waals surface area contributed by atoms with Gasteiger partial charge in [0, 0.05) is 41.3 Å². The Morgan fingerprint density at radius 3 is 3.06 bits per heavy atom. The van der Waals surface area contributed by atoms with Crippen LogP contribution in [0.5, 0.6) is 0 Å². The van der Waals surface area contributed by atoms with Crippen LogP contribution in [0, 0.1) is 11.3 Å². The molecule has 1 saturated heterocycles. The van der Waals surface area contributed by atoms with Gasteiger partial charge >= 0.3 is 0 Å². The van der Waals surface area contributed by atoms with Crippen molar-refractivity contribution < 1.29 is 9.53 Å². The van der Waals surface area contributed by atoms with Gasteiger partial charge in [-0.1, -0.05) is 12.1 Å². The molecule has 1 N–H and O–H groups in total. The second-order valence-corrected chi connectivity index (χ2v) is 8.06. The van der Waals surface area contributed by atoms with Crippen LogP contribution < -0.4 is 4.90 Å². The SMILES string of the molecule is C[C@@H]1COCCN1c1nc(-c2cccc3[nH]ccc23)nc2c1CCN(C(=O)CC#N)C2. The van der Waals surface area contributed by atoms with Crippen LogP contribution in [0.4, 0.5) is 5.82 Å². The number of hydrogen-bond donors (Lipinski definition) is 1.